The maximum Gasteiger partial charge on any atom is 0.320 e. The number of carboxylic acids is 2. The first-order valence-electron chi connectivity index (χ1n) is 13.8. The van der Waals surface area contributed by atoms with Crippen molar-refractivity contribution < 1.29 is 24.6 Å². The fourth-order valence-corrected chi connectivity index (χ4v) is 3.88. The van der Waals surface area contributed by atoms with Gasteiger partial charge >= 0.3 is 11.9 Å². The standard InChI is InChI=1S/C22H45NO.C5H9NO4/c1-3-5-7-9-10-11-12-13-14-15-16-18-20-21(22(23)24)19-17-8-6-4-2;6-3(5(9)10)1-2-4(7)8/h21H,3-20H2,1-2H3,(H2,23,24);3H,1-2,6H2,(H,7,8)(H,9,10). The van der Waals surface area contributed by atoms with Crippen molar-refractivity contribution in [2.24, 2.45) is 17.4 Å². The lowest BCUT2D eigenvalue weighted by Gasteiger charge is -2.13. The van der Waals surface area contributed by atoms with Crippen molar-refractivity contribution in [1.29, 1.82) is 0 Å². The number of amides is 1. The molecule has 0 aliphatic heterocycles. The Morgan fingerprint density at radius 1 is 0.618 bits per heavy atom. The molecule has 0 saturated carbocycles. The van der Waals surface area contributed by atoms with Gasteiger partial charge in [0.1, 0.15) is 6.04 Å². The number of unbranched alkanes of at least 4 members (excludes halogenated alkanes) is 14. The van der Waals surface area contributed by atoms with Crippen molar-refractivity contribution in [2.75, 3.05) is 0 Å². The SMILES string of the molecule is CCCCCCCCCCCCCCC(CCCCCC)C(N)=O.NC(CCC(=O)O)C(=O)O. The summed E-state index contributed by atoms with van der Waals surface area (Å²) in [5.41, 5.74) is 10.6. The summed E-state index contributed by atoms with van der Waals surface area (Å²) in [6.07, 6.45) is 23.2. The van der Waals surface area contributed by atoms with Gasteiger partial charge in [-0.05, 0) is 19.3 Å². The van der Waals surface area contributed by atoms with E-state index >= 15 is 0 Å². The quantitative estimate of drug-likeness (QED) is 0.123. The second-order valence-corrected chi connectivity index (χ2v) is 9.50. The van der Waals surface area contributed by atoms with E-state index in [0.717, 1.165) is 12.8 Å². The van der Waals surface area contributed by atoms with Gasteiger partial charge in [0.05, 0.1) is 0 Å². The largest absolute Gasteiger partial charge is 0.481 e. The molecule has 0 rings (SSSR count). The Hall–Kier alpha value is -1.63. The minimum atomic E-state index is -1.17. The lowest BCUT2D eigenvalue weighted by molar-refractivity contribution is -0.139. The van der Waals surface area contributed by atoms with Crippen LogP contribution in [0, 0.1) is 5.92 Å². The van der Waals surface area contributed by atoms with Crippen LogP contribution in [-0.4, -0.2) is 34.1 Å². The first-order chi connectivity index (χ1) is 16.3. The first-order valence-corrected chi connectivity index (χ1v) is 13.8. The Balaban J connectivity index is 0. The Morgan fingerprint density at radius 2 is 0.971 bits per heavy atom. The molecule has 0 aromatic carbocycles. The van der Waals surface area contributed by atoms with Crippen LogP contribution in [0.2, 0.25) is 0 Å². The highest BCUT2D eigenvalue weighted by molar-refractivity contribution is 5.76. The van der Waals surface area contributed by atoms with Crippen LogP contribution in [0.15, 0.2) is 0 Å². The maximum absolute atomic E-state index is 11.5. The van der Waals surface area contributed by atoms with Crippen LogP contribution in [0.1, 0.15) is 142 Å². The molecule has 0 bridgehead atoms. The summed E-state index contributed by atoms with van der Waals surface area (Å²) in [7, 11) is 0. The summed E-state index contributed by atoms with van der Waals surface area (Å²) < 4.78 is 0. The predicted octanol–water partition coefficient (Wildman–Crippen LogP) is 6.41. The van der Waals surface area contributed by atoms with Crippen molar-refractivity contribution in [2.45, 2.75) is 148 Å². The molecule has 34 heavy (non-hydrogen) atoms. The van der Waals surface area contributed by atoms with Crippen LogP contribution in [0.25, 0.3) is 0 Å². The second kappa shape index (κ2) is 26.0. The summed E-state index contributed by atoms with van der Waals surface area (Å²) in [6, 6.07) is -1.06. The van der Waals surface area contributed by atoms with Gasteiger partial charge in [0.15, 0.2) is 0 Å². The predicted molar refractivity (Wildman–Crippen MR) is 140 cm³/mol. The van der Waals surface area contributed by atoms with Crippen molar-refractivity contribution in [3.63, 3.8) is 0 Å². The van der Waals surface area contributed by atoms with Gasteiger partial charge in [0, 0.05) is 12.3 Å². The van der Waals surface area contributed by atoms with E-state index < -0.39 is 18.0 Å². The lowest BCUT2D eigenvalue weighted by Crippen LogP contribution is -2.30. The molecule has 1 amide bonds. The minimum Gasteiger partial charge on any atom is -0.481 e. The smallest absolute Gasteiger partial charge is 0.320 e. The van der Waals surface area contributed by atoms with Gasteiger partial charge in [-0.2, -0.15) is 0 Å². The monoisotopic (exact) mass is 486 g/mol. The van der Waals surface area contributed by atoms with Crippen molar-refractivity contribution in [1.82, 2.24) is 0 Å². The Labute approximate surface area is 208 Å². The third-order valence-electron chi connectivity index (χ3n) is 6.20. The molecule has 0 heterocycles. The molecular formula is C27H54N2O5. The molecule has 7 nitrogen and oxygen atoms in total. The van der Waals surface area contributed by atoms with Crippen molar-refractivity contribution >= 4 is 17.8 Å². The molecule has 7 heteroatoms. The van der Waals surface area contributed by atoms with E-state index in [-0.39, 0.29) is 24.7 Å². The van der Waals surface area contributed by atoms with Crippen molar-refractivity contribution in [3.8, 4) is 0 Å². The zero-order valence-electron chi connectivity index (χ0n) is 22.1. The Morgan fingerprint density at radius 3 is 1.29 bits per heavy atom. The summed E-state index contributed by atoms with van der Waals surface area (Å²) in [4.78, 5) is 31.4. The zero-order chi connectivity index (χ0) is 26.0. The van der Waals surface area contributed by atoms with Gasteiger partial charge in [-0.3, -0.25) is 14.4 Å². The van der Waals surface area contributed by atoms with Gasteiger partial charge in [-0.25, -0.2) is 0 Å². The summed E-state index contributed by atoms with van der Waals surface area (Å²) in [5, 5.41) is 16.3. The van der Waals surface area contributed by atoms with Gasteiger partial charge in [0.2, 0.25) is 5.91 Å². The van der Waals surface area contributed by atoms with E-state index in [1.807, 2.05) is 0 Å². The number of carbonyl (C=O) groups excluding carboxylic acids is 1. The van der Waals surface area contributed by atoms with Crippen LogP contribution >= 0.6 is 0 Å². The number of carbonyl (C=O) groups is 3. The van der Waals surface area contributed by atoms with E-state index in [9.17, 15) is 14.4 Å². The van der Waals surface area contributed by atoms with Gasteiger partial charge in [-0.1, -0.05) is 117 Å². The molecule has 2 atom stereocenters. The minimum absolute atomic E-state index is 0.0231. The molecule has 0 aromatic heterocycles. The molecule has 202 valence electrons. The summed E-state index contributed by atoms with van der Waals surface area (Å²) in [6.45, 7) is 4.50. The molecule has 0 aromatic rings. The highest BCUT2D eigenvalue weighted by Crippen LogP contribution is 2.19. The maximum atomic E-state index is 11.5. The number of nitrogens with two attached hydrogens (primary N) is 2. The zero-order valence-corrected chi connectivity index (χ0v) is 22.1. The van der Waals surface area contributed by atoms with E-state index in [1.54, 1.807) is 0 Å². The third kappa shape index (κ3) is 26.6. The first kappa shape index (κ1) is 34.5. The molecule has 0 fully saturated rings. The lowest BCUT2D eigenvalue weighted by atomic mass is 9.94. The number of hydrogen-bond donors (Lipinski definition) is 4. The molecule has 0 spiro atoms. The molecule has 0 aliphatic rings. The number of rotatable bonds is 23. The Bertz CT molecular complexity index is 499. The molecule has 2 unspecified atom stereocenters. The highest BCUT2D eigenvalue weighted by atomic mass is 16.4. The number of carboxylic acid groups (broad SMARTS) is 2. The number of hydrogen-bond acceptors (Lipinski definition) is 4. The highest BCUT2D eigenvalue weighted by Gasteiger charge is 2.14. The number of primary amides is 1. The van der Waals surface area contributed by atoms with E-state index in [0.29, 0.717) is 0 Å². The average Bonchev–Trinajstić information content (AvgIpc) is 2.79. The molecular weight excluding hydrogens is 432 g/mol. The van der Waals surface area contributed by atoms with Crippen LogP contribution in [0.5, 0.6) is 0 Å². The fraction of sp³-hybridized carbons (Fsp3) is 0.889. The molecule has 6 N–H and O–H groups in total. The third-order valence-corrected chi connectivity index (χ3v) is 6.20. The summed E-state index contributed by atoms with van der Waals surface area (Å²) in [5.74, 6) is -2.14. The van der Waals surface area contributed by atoms with E-state index in [4.69, 9.17) is 21.7 Å². The topological polar surface area (TPSA) is 144 Å². The second-order valence-electron chi connectivity index (χ2n) is 9.50. The van der Waals surface area contributed by atoms with E-state index in [1.165, 1.54) is 103 Å². The molecule has 0 radical (unpaired) electrons. The number of aliphatic carboxylic acids is 2. The molecule has 0 aliphatic carbocycles. The van der Waals surface area contributed by atoms with Crippen LogP contribution in [0.3, 0.4) is 0 Å². The normalized spacial score (nSPS) is 12.4. The molecule has 0 saturated heterocycles. The van der Waals surface area contributed by atoms with Crippen LogP contribution in [0.4, 0.5) is 0 Å². The fourth-order valence-electron chi connectivity index (χ4n) is 3.88. The van der Waals surface area contributed by atoms with E-state index in [2.05, 4.69) is 13.8 Å². The van der Waals surface area contributed by atoms with Crippen LogP contribution in [-0.2, 0) is 14.4 Å². The van der Waals surface area contributed by atoms with Gasteiger partial charge in [0.25, 0.3) is 0 Å². The summed E-state index contributed by atoms with van der Waals surface area (Å²) >= 11 is 0. The van der Waals surface area contributed by atoms with Gasteiger partial charge < -0.3 is 21.7 Å². The van der Waals surface area contributed by atoms with Crippen molar-refractivity contribution in [3.05, 3.63) is 0 Å². The average molecular weight is 487 g/mol. The van der Waals surface area contributed by atoms with Gasteiger partial charge in [-0.15, -0.1) is 0 Å². The van der Waals surface area contributed by atoms with Crippen LogP contribution < -0.4 is 11.5 Å². The Kier molecular flexibility index (Phi) is 26.4.